The van der Waals surface area contributed by atoms with Crippen molar-refractivity contribution in [1.29, 1.82) is 0 Å². The molecule has 5 heteroatoms. The number of hydrogen-bond donors (Lipinski definition) is 0. The zero-order valence-corrected chi connectivity index (χ0v) is 17.1. The standard InChI is InChI=1S/C24H28N2O3/c1-17-8-10-18(11-9-17)15-25-16-20(14-23(25)27)24(28)26-12-4-7-22(26)19-5-3-6-21(13-19)29-2/h3,5-6,8-11,13,20,22H,4,7,12,14-16H2,1-2H3. The van der Waals surface area contributed by atoms with Crippen molar-refractivity contribution in [3.05, 3.63) is 65.2 Å². The summed E-state index contributed by atoms with van der Waals surface area (Å²) in [5.74, 6) is 0.734. The van der Waals surface area contributed by atoms with Crippen molar-refractivity contribution in [2.75, 3.05) is 20.2 Å². The second-order valence-corrected chi connectivity index (χ2v) is 8.13. The lowest BCUT2D eigenvalue weighted by Crippen LogP contribution is -2.37. The molecule has 2 aromatic carbocycles. The molecule has 2 aliphatic heterocycles. The number of amides is 2. The predicted molar refractivity (Wildman–Crippen MR) is 111 cm³/mol. The van der Waals surface area contributed by atoms with E-state index in [2.05, 4.69) is 30.3 Å². The molecule has 0 N–H and O–H groups in total. The van der Waals surface area contributed by atoms with Gasteiger partial charge in [0, 0.05) is 26.1 Å². The van der Waals surface area contributed by atoms with Gasteiger partial charge in [-0.3, -0.25) is 9.59 Å². The molecule has 5 nitrogen and oxygen atoms in total. The van der Waals surface area contributed by atoms with Gasteiger partial charge < -0.3 is 14.5 Å². The topological polar surface area (TPSA) is 49.9 Å². The summed E-state index contributed by atoms with van der Waals surface area (Å²) < 4.78 is 5.35. The van der Waals surface area contributed by atoms with Crippen LogP contribution >= 0.6 is 0 Å². The molecule has 2 heterocycles. The summed E-state index contributed by atoms with van der Waals surface area (Å²) in [6.45, 7) is 3.88. The fourth-order valence-electron chi connectivity index (χ4n) is 4.46. The van der Waals surface area contributed by atoms with Crippen molar-refractivity contribution >= 4 is 11.8 Å². The van der Waals surface area contributed by atoms with Gasteiger partial charge in [-0.2, -0.15) is 0 Å². The number of methoxy groups -OCH3 is 1. The molecule has 0 bridgehead atoms. The van der Waals surface area contributed by atoms with E-state index < -0.39 is 0 Å². The van der Waals surface area contributed by atoms with Crippen molar-refractivity contribution in [3.63, 3.8) is 0 Å². The molecule has 0 saturated carbocycles. The third kappa shape index (κ3) is 4.14. The highest BCUT2D eigenvalue weighted by Gasteiger charge is 2.40. The van der Waals surface area contributed by atoms with E-state index in [9.17, 15) is 9.59 Å². The minimum Gasteiger partial charge on any atom is -0.497 e. The van der Waals surface area contributed by atoms with E-state index in [0.29, 0.717) is 19.5 Å². The Hall–Kier alpha value is -2.82. The molecular formula is C24H28N2O3. The van der Waals surface area contributed by atoms with Gasteiger partial charge in [-0.05, 0) is 43.0 Å². The summed E-state index contributed by atoms with van der Waals surface area (Å²) >= 11 is 0. The number of carbonyl (C=O) groups is 2. The SMILES string of the molecule is COc1cccc(C2CCCN2C(=O)C2CC(=O)N(Cc3ccc(C)cc3)C2)c1. The van der Waals surface area contributed by atoms with Crippen LogP contribution in [0.15, 0.2) is 48.5 Å². The van der Waals surface area contributed by atoms with Gasteiger partial charge in [0.05, 0.1) is 19.1 Å². The number of carbonyl (C=O) groups excluding carboxylic acids is 2. The van der Waals surface area contributed by atoms with Crippen LogP contribution < -0.4 is 4.74 Å². The highest BCUT2D eigenvalue weighted by atomic mass is 16.5. The zero-order valence-electron chi connectivity index (χ0n) is 17.1. The summed E-state index contributed by atoms with van der Waals surface area (Å²) in [5.41, 5.74) is 3.41. The number of benzene rings is 2. The van der Waals surface area contributed by atoms with Crippen molar-refractivity contribution in [3.8, 4) is 5.75 Å². The van der Waals surface area contributed by atoms with E-state index in [0.717, 1.165) is 36.3 Å². The number of likely N-dealkylation sites (tertiary alicyclic amines) is 2. The Morgan fingerprint density at radius 3 is 2.72 bits per heavy atom. The van der Waals surface area contributed by atoms with Crippen LogP contribution in [0.25, 0.3) is 0 Å². The lowest BCUT2D eigenvalue weighted by atomic mass is 10.0. The Morgan fingerprint density at radius 1 is 1.17 bits per heavy atom. The van der Waals surface area contributed by atoms with Crippen molar-refractivity contribution in [2.45, 2.75) is 38.8 Å². The molecule has 152 valence electrons. The fraction of sp³-hybridized carbons (Fsp3) is 0.417. The lowest BCUT2D eigenvalue weighted by molar-refractivity contribution is -0.136. The van der Waals surface area contributed by atoms with Crippen molar-refractivity contribution in [1.82, 2.24) is 9.80 Å². The van der Waals surface area contributed by atoms with Crippen LogP contribution in [0.3, 0.4) is 0 Å². The summed E-state index contributed by atoms with van der Waals surface area (Å²) in [5, 5.41) is 0. The Morgan fingerprint density at radius 2 is 1.97 bits per heavy atom. The van der Waals surface area contributed by atoms with Gasteiger partial charge in [-0.15, -0.1) is 0 Å². The first kappa shape index (κ1) is 19.5. The Bertz CT molecular complexity index is 893. The number of rotatable bonds is 5. The molecule has 2 saturated heterocycles. The minimum atomic E-state index is -0.251. The smallest absolute Gasteiger partial charge is 0.228 e. The fourth-order valence-corrected chi connectivity index (χ4v) is 4.46. The van der Waals surface area contributed by atoms with E-state index in [1.807, 2.05) is 34.9 Å². The van der Waals surface area contributed by atoms with Crippen LogP contribution in [0.1, 0.15) is 42.0 Å². The molecule has 29 heavy (non-hydrogen) atoms. The Kier molecular flexibility index (Phi) is 5.56. The van der Waals surface area contributed by atoms with Gasteiger partial charge in [0.25, 0.3) is 0 Å². The normalized spacial score (nSPS) is 21.7. The van der Waals surface area contributed by atoms with Crippen LogP contribution in [0, 0.1) is 12.8 Å². The molecule has 2 atom stereocenters. The zero-order chi connectivity index (χ0) is 20.4. The van der Waals surface area contributed by atoms with Gasteiger partial charge in [0.1, 0.15) is 5.75 Å². The molecule has 0 radical (unpaired) electrons. The average molecular weight is 392 g/mol. The second-order valence-electron chi connectivity index (χ2n) is 8.13. The molecular weight excluding hydrogens is 364 g/mol. The highest BCUT2D eigenvalue weighted by Crippen LogP contribution is 2.36. The first-order valence-electron chi connectivity index (χ1n) is 10.3. The number of nitrogens with zero attached hydrogens (tertiary/aromatic N) is 2. The van der Waals surface area contributed by atoms with Crippen LogP contribution in [0.4, 0.5) is 0 Å². The number of ether oxygens (including phenoxy) is 1. The molecule has 0 aliphatic carbocycles. The third-order valence-electron chi connectivity index (χ3n) is 6.07. The molecule has 2 unspecified atom stereocenters. The van der Waals surface area contributed by atoms with Crippen molar-refractivity contribution in [2.24, 2.45) is 5.92 Å². The molecule has 2 aliphatic rings. The third-order valence-corrected chi connectivity index (χ3v) is 6.07. The van der Waals surface area contributed by atoms with Crippen LogP contribution in [-0.2, 0) is 16.1 Å². The van der Waals surface area contributed by atoms with Crippen LogP contribution in [0.5, 0.6) is 5.75 Å². The molecule has 0 aromatic heterocycles. The second kappa shape index (κ2) is 8.27. The maximum atomic E-state index is 13.3. The van der Waals surface area contributed by atoms with E-state index in [1.165, 1.54) is 5.56 Å². The van der Waals surface area contributed by atoms with Gasteiger partial charge in [0.15, 0.2) is 0 Å². The van der Waals surface area contributed by atoms with Gasteiger partial charge >= 0.3 is 0 Å². The van der Waals surface area contributed by atoms with Crippen LogP contribution in [-0.4, -0.2) is 41.8 Å². The number of hydrogen-bond acceptors (Lipinski definition) is 3. The molecule has 2 aromatic rings. The Balaban J connectivity index is 1.44. The highest BCUT2D eigenvalue weighted by molar-refractivity contribution is 5.89. The van der Waals surface area contributed by atoms with Crippen molar-refractivity contribution < 1.29 is 14.3 Å². The van der Waals surface area contributed by atoms with Crippen LogP contribution in [0.2, 0.25) is 0 Å². The monoisotopic (exact) mass is 392 g/mol. The van der Waals surface area contributed by atoms with E-state index in [1.54, 1.807) is 7.11 Å². The maximum absolute atomic E-state index is 13.3. The van der Waals surface area contributed by atoms with E-state index in [-0.39, 0.29) is 23.8 Å². The first-order valence-corrected chi connectivity index (χ1v) is 10.3. The quantitative estimate of drug-likeness (QED) is 0.779. The summed E-state index contributed by atoms with van der Waals surface area (Å²) in [6.07, 6.45) is 2.25. The van der Waals surface area contributed by atoms with Gasteiger partial charge in [-0.25, -0.2) is 0 Å². The van der Waals surface area contributed by atoms with E-state index >= 15 is 0 Å². The Labute approximate surface area is 172 Å². The molecule has 2 amide bonds. The largest absolute Gasteiger partial charge is 0.497 e. The summed E-state index contributed by atoms with van der Waals surface area (Å²) in [6, 6.07) is 16.2. The molecule has 4 rings (SSSR count). The molecule has 0 spiro atoms. The summed E-state index contributed by atoms with van der Waals surface area (Å²) in [7, 11) is 1.66. The predicted octanol–water partition coefficient (Wildman–Crippen LogP) is 3.72. The first-order chi connectivity index (χ1) is 14.0. The number of aryl methyl sites for hydroxylation is 1. The van der Waals surface area contributed by atoms with Gasteiger partial charge in [-0.1, -0.05) is 42.0 Å². The molecule has 2 fully saturated rings. The summed E-state index contributed by atoms with van der Waals surface area (Å²) in [4.78, 5) is 29.6. The maximum Gasteiger partial charge on any atom is 0.228 e. The average Bonchev–Trinajstić information content (AvgIpc) is 3.36. The van der Waals surface area contributed by atoms with E-state index in [4.69, 9.17) is 4.74 Å². The minimum absolute atomic E-state index is 0.0684. The lowest BCUT2D eigenvalue weighted by Gasteiger charge is -2.28. The van der Waals surface area contributed by atoms with Gasteiger partial charge in [0.2, 0.25) is 11.8 Å².